The highest BCUT2D eigenvalue weighted by molar-refractivity contribution is 5.76. The minimum absolute atomic E-state index is 0.860. The van der Waals surface area contributed by atoms with Crippen molar-refractivity contribution < 1.29 is 0 Å². The molecule has 3 aromatic rings. The molecule has 3 rings (SSSR count). The summed E-state index contributed by atoms with van der Waals surface area (Å²) in [5.74, 6) is 1.90. The fourth-order valence-electron chi connectivity index (χ4n) is 4.01. The van der Waals surface area contributed by atoms with Gasteiger partial charge in [0.25, 0.3) is 0 Å². The monoisotopic (exact) mass is 379 g/mol. The maximum atomic E-state index is 4.96. The van der Waals surface area contributed by atoms with Gasteiger partial charge in [-0.2, -0.15) is 0 Å². The van der Waals surface area contributed by atoms with Crippen LogP contribution < -0.4 is 10.2 Å². The Bertz CT molecular complexity index is 928. The molecular formula is C23H33N5. The zero-order valence-corrected chi connectivity index (χ0v) is 18.1. The van der Waals surface area contributed by atoms with Crippen molar-refractivity contribution in [2.45, 2.75) is 60.8 Å². The van der Waals surface area contributed by atoms with Crippen molar-refractivity contribution in [2.75, 3.05) is 23.3 Å². The average molecular weight is 380 g/mol. The molecule has 0 radical (unpaired) electrons. The lowest BCUT2D eigenvalue weighted by Crippen LogP contribution is -2.26. The van der Waals surface area contributed by atoms with Gasteiger partial charge in [0, 0.05) is 31.2 Å². The molecule has 5 heteroatoms. The van der Waals surface area contributed by atoms with Crippen LogP contribution in [-0.2, 0) is 6.42 Å². The number of nitrogens with one attached hydrogen (secondary N) is 1. The van der Waals surface area contributed by atoms with Crippen LogP contribution in [-0.4, -0.2) is 27.5 Å². The molecule has 0 unspecified atom stereocenters. The second-order valence-corrected chi connectivity index (χ2v) is 7.59. The topological polar surface area (TPSA) is 45.5 Å². The Kier molecular flexibility index (Phi) is 6.22. The minimum Gasteiger partial charge on any atom is -0.355 e. The normalized spacial score (nSPS) is 11.2. The maximum Gasteiger partial charge on any atom is 0.212 e. The van der Waals surface area contributed by atoms with E-state index in [9.17, 15) is 0 Å². The molecule has 150 valence electrons. The zero-order valence-electron chi connectivity index (χ0n) is 18.1. The highest BCUT2D eigenvalue weighted by Gasteiger charge is 2.19. The molecule has 28 heavy (non-hydrogen) atoms. The summed E-state index contributed by atoms with van der Waals surface area (Å²) in [7, 11) is 0. The summed E-state index contributed by atoms with van der Waals surface area (Å²) in [6, 6.07) is 4.42. The van der Waals surface area contributed by atoms with Gasteiger partial charge in [-0.3, -0.25) is 4.40 Å². The van der Waals surface area contributed by atoms with Gasteiger partial charge < -0.3 is 10.2 Å². The van der Waals surface area contributed by atoms with Gasteiger partial charge in [0.05, 0.1) is 5.69 Å². The van der Waals surface area contributed by atoms with E-state index in [2.05, 4.69) is 68.3 Å². The Hall–Kier alpha value is -2.56. The first kappa shape index (κ1) is 20.2. The Balaban J connectivity index is 2.12. The van der Waals surface area contributed by atoms with Crippen molar-refractivity contribution in [3.63, 3.8) is 0 Å². The van der Waals surface area contributed by atoms with Gasteiger partial charge in [0.1, 0.15) is 5.52 Å². The van der Waals surface area contributed by atoms with Crippen LogP contribution in [0.1, 0.15) is 56.0 Å². The predicted octanol–water partition coefficient (Wildman–Crippen LogP) is 5.59. The molecule has 0 aliphatic carbocycles. The molecule has 0 bridgehead atoms. The van der Waals surface area contributed by atoms with Crippen molar-refractivity contribution in [3.8, 4) is 0 Å². The predicted molar refractivity (Wildman–Crippen MR) is 119 cm³/mol. The minimum atomic E-state index is 0.860. The second-order valence-electron chi connectivity index (χ2n) is 7.59. The fourth-order valence-corrected chi connectivity index (χ4v) is 4.01. The number of rotatable bonds is 8. The summed E-state index contributed by atoms with van der Waals surface area (Å²) >= 11 is 0. The van der Waals surface area contributed by atoms with Crippen LogP contribution in [0.4, 0.5) is 17.5 Å². The number of nitrogens with zero attached hydrogens (tertiary/aromatic N) is 4. The van der Waals surface area contributed by atoms with Gasteiger partial charge >= 0.3 is 0 Å². The first-order valence-electron chi connectivity index (χ1n) is 10.5. The average Bonchev–Trinajstić information content (AvgIpc) is 3.02. The summed E-state index contributed by atoms with van der Waals surface area (Å²) in [4.78, 5) is 12.1. The van der Waals surface area contributed by atoms with Gasteiger partial charge in [0.15, 0.2) is 5.82 Å². The molecule has 2 aromatic heterocycles. The molecule has 0 fully saturated rings. The molecular weight excluding hydrogens is 346 g/mol. The van der Waals surface area contributed by atoms with Crippen LogP contribution in [0.25, 0.3) is 5.52 Å². The van der Waals surface area contributed by atoms with E-state index in [-0.39, 0.29) is 0 Å². The molecule has 0 amide bonds. The second kappa shape index (κ2) is 8.63. The van der Waals surface area contributed by atoms with Crippen LogP contribution in [0.2, 0.25) is 0 Å². The van der Waals surface area contributed by atoms with E-state index in [1.54, 1.807) is 0 Å². The number of hydrogen-bond acceptors (Lipinski definition) is 4. The highest BCUT2D eigenvalue weighted by Crippen LogP contribution is 2.30. The van der Waals surface area contributed by atoms with E-state index in [1.807, 2.05) is 12.4 Å². The number of fused-ring (bicyclic) bond motifs is 1. The third-order valence-electron chi connectivity index (χ3n) is 5.14. The van der Waals surface area contributed by atoms with Gasteiger partial charge in [-0.1, -0.05) is 38.5 Å². The standard InChI is InChI=1S/C23H33N5/c1-7-11-27(12-8-2)22-21-19(9-3)25-23(28(21)13-10-24-22)26-20-17(5)14-16(4)15-18(20)6/h10,13-15H,7-9,11-12H2,1-6H3,(H,25,26). The molecule has 5 nitrogen and oxygen atoms in total. The Morgan fingerprint density at radius 2 is 1.64 bits per heavy atom. The number of benzene rings is 1. The summed E-state index contributed by atoms with van der Waals surface area (Å²) in [6.07, 6.45) is 6.99. The summed E-state index contributed by atoms with van der Waals surface area (Å²) in [5.41, 5.74) is 7.10. The third kappa shape index (κ3) is 3.84. The quantitative estimate of drug-likeness (QED) is 0.554. The van der Waals surface area contributed by atoms with Crippen molar-refractivity contribution in [1.82, 2.24) is 14.4 Å². The molecule has 0 saturated carbocycles. The number of anilines is 3. The third-order valence-corrected chi connectivity index (χ3v) is 5.14. The lowest BCUT2D eigenvalue weighted by molar-refractivity contribution is 0.734. The number of aromatic nitrogens is 3. The molecule has 0 spiro atoms. The smallest absolute Gasteiger partial charge is 0.212 e. The SMILES string of the molecule is CCCN(CCC)c1nccn2c(Nc3c(C)cc(C)cc3C)nc(CC)c12. The molecule has 1 N–H and O–H groups in total. The van der Waals surface area contributed by atoms with Crippen molar-refractivity contribution in [1.29, 1.82) is 0 Å². The van der Waals surface area contributed by atoms with Crippen LogP contribution in [0.3, 0.4) is 0 Å². The largest absolute Gasteiger partial charge is 0.355 e. The zero-order chi connectivity index (χ0) is 20.3. The van der Waals surface area contributed by atoms with Gasteiger partial charge in [-0.25, -0.2) is 9.97 Å². The molecule has 0 aliphatic heterocycles. The van der Waals surface area contributed by atoms with E-state index in [0.717, 1.165) is 61.0 Å². The van der Waals surface area contributed by atoms with Crippen molar-refractivity contribution in [3.05, 3.63) is 46.9 Å². The van der Waals surface area contributed by atoms with Gasteiger partial charge in [-0.05, 0) is 51.2 Å². The first-order valence-corrected chi connectivity index (χ1v) is 10.5. The van der Waals surface area contributed by atoms with Gasteiger partial charge in [0.2, 0.25) is 5.95 Å². The van der Waals surface area contributed by atoms with Crippen LogP contribution in [0.5, 0.6) is 0 Å². The lowest BCUT2D eigenvalue weighted by Gasteiger charge is -2.23. The Labute approximate surface area is 168 Å². The van der Waals surface area contributed by atoms with E-state index >= 15 is 0 Å². The summed E-state index contributed by atoms with van der Waals surface area (Å²) < 4.78 is 2.16. The Morgan fingerprint density at radius 1 is 1.00 bits per heavy atom. The molecule has 1 aromatic carbocycles. The number of hydrogen-bond donors (Lipinski definition) is 1. The van der Waals surface area contributed by atoms with E-state index < -0.39 is 0 Å². The Morgan fingerprint density at radius 3 is 2.21 bits per heavy atom. The molecule has 2 heterocycles. The van der Waals surface area contributed by atoms with Crippen molar-refractivity contribution in [2.24, 2.45) is 0 Å². The van der Waals surface area contributed by atoms with E-state index in [0.29, 0.717) is 0 Å². The van der Waals surface area contributed by atoms with E-state index in [1.165, 1.54) is 16.7 Å². The van der Waals surface area contributed by atoms with Crippen LogP contribution in [0, 0.1) is 20.8 Å². The molecule has 0 saturated heterocycles. The molecule has 0 atom stereocenters. The van der Waals surface area contributed by atoms with E-state index in [4.69, 9.17) is 9.97 Å². The summed E-state index contributed by atoms with van der Waals surface area (Å²) in [6.45, 7) is 15.0. The fraction of sp³-hybridized carbons (Fsp3) is 0.478. The molecule has 0 aliphatic rings. The van der Waals surface area contributed by atoms with Crippen LogP contribution >= 0.6 is 0 Å². The maximum absolute atomic E-state index is 4.96. The summed E-state index contributed by atoms with van der Waals surface area (Å²) in [5, 5.41) is 3.60. The van der Waals surface area contributed by atoms with Crippen molar-refractivity contribution >= 4 is 23.0 Å². The number of aryl methyl sites for hydroxylation is 4. The number of imidazole rings is 1. The van der Waals surface area contributed by atoms with Crippen LogP contribution in [0.15, 0.2) is 24.5 Å². The lowest BCUT2D eigenvalue weighted by atomic mass is 10.1. The van der Waals surface area contributed by atoms with Gasteiger partial charge in [-0.15, -0.1) is 0 Å². The highest BCUT2D eigenvalue weighted by atomic mass is 15.2. The first-order chi connectivity index (χ1) is 13.5.